The highest BCUT2D eigenvalue weighted by Crippen LogP contribution is 2.35. The molecule has 0 saturated carbocycles. The minimum absolute atomic E-state index is 0.00545. The molecule has 1 aliphatic rings. The van der Waals surface area contributed by atoms with Crippen LogP contribution in [0.15, 0.2) is 57.9 Å². The third kappa shape index (κ3) is 5.87. The predicted octanol–water partition coefficient (Wildman–Crippen LogP) is 3.12. The molecule has 162 valence electrons. The third-order valence-corrected chi connectivity index (χ3v) is 7.25. The van der Waals surface area contributed by atoms with Gasteiger partial charge in [-0.1, -0.05) is 28.1 Å². The molecule has 1 aliphatic heterocycles. The quantitative estimate of drug-likeness (QED) is 0.585. The normalized spacial score (nSPS) is 16.2. The number of hydrogen-bond donors (Lipinski definition) is 2. The van der Waals surface area contributed by atoms with Crippen LogP contribution in [0.2, 0.25) is 0 Å². The Hall–Kier alpha value is -1.81. The zero-order chi connectivity index (χ0) is 21.6. The summed E-state index contributed by atoms with van der Waals surface area (Å²) < 4.78 is 46.3. The fraction of sp³-hybridized carbons (Fsp3) is 0.381. The van der Waals surface area contributed by atoms with Gasteiger partial charge in [-0.05, 0) is 54.8 Å². The van der Waals surface area contributed by atoms with Crippen molar-refractivity contribution in [2.75, 3.05) is 26.3 Å². The molecule has 9 heteroatoms. The zero-order valence-corrected chi connectivity index (χ0v) is 18.8. The van der Waals surface area contributed by atoms with Crippen molar-refractivity contribution in [1.82, 2.24) is 10.0 Å². The van der Waals surface area contributed by atoms with Gasteiger partial charge in [-0.25, -0.2) is 17.5 Å². The Labute approximate surface area is 184 Å². The number of carbonyl (C=O) groups is 1. The molecule has 0 spiro atoms. The maximum atomic E-state index is 13.0. The van der Waals surface area contributed by atoms with E-state index in [1.165, 1.54) is 12.1 Å². The lowest BCUT2D eigenvalue weighted by Gasteiger charge is -2.38. The molecule has 2 aromatic rings. The van der Waals surface area contributed by atoms with E-state index >= 15 is 0 Å². The van der Waals surface area contributed by atoms with Crippen molar-refractivity contribution >= 4 is 31.9 Å². The number of nitrogens with one attached hydrogen (secondary N) is 2. The fourth-order valence-electron chi connectivity index (χ4n) is 3.50. The van der Waals surface area contributed by atoms with E-state index in [4.69, 9.17) is 4.74 Å². The summed E-state index contributed by atoms with van der Waals surface area (Å²) in [4.78, 5) is 12.3. The Morgan fingerprint density at radius 2 is 1.83 bits per heavy atom. The molecular weight excluding hydrogens is 475 g/mol. The van der Waals surface area contributed by atoms with E-state index in [2.05, 4.69) is 38.1 Å². The predicted molar refractivity (Wildman–Crippen MR) is 115 cm³/mol. The van der Waals surface area contributed by atoms with Gasteiger partial charge in [-0.15, -0.1) is 0 Å². The zero-order valence-electron chi connectivity index (χ0n) is 16.4. The molecule has 30 heavy (non-hydrogen) atoms. The van der Waals surface area contributed by atoms with E-state index < -0.39 is 15.8 Å². The molecule has 3 rings (SSSR count). The minimum Gasteiger partial charge on any atom is -0.381 e. The Bertz CT molecular complexity index is 977. The summed E-state index contributed by atoms with van der Waals surface area (Å²) >= 11 is 3.50. The van der Waals surface area contributed by atoms with E-state index in [0.717, 1.165) is 35.0 Å². The Balaban J connectivity index is 1.55. The first-order chi connectivity index (χ1) is 14.3. The minimum atomic E-state index is -3.79. The lowest BCUT2D eigenvalue weighted by Crippen LogP contribution is -2.45. The topological polar surface area (TPSA) is 84.5 Å². The van der Waals surface area contributed by atoms with Crippen LogP contribution in [0.5, 0.6) is 0 Å². The van der Waals surface area contributed by atoms with Crippen molar-refractivity contribution in [2.24, 2.45) is 0 Å². The van der Waals surface area contributed by atoms with Crippen LogP contribution in [0.25, 0.3) is 0 Å². The van der Waals surface area contributed by atoms with Gasteiger partial charge in [0.05, 0.1) is 4.90 Å². The third-order valence-electron chi connectivity index (χ3n) is 5.28. The highest BCUT2D eigenvalue weighted by molar-refractivity contribution is 9.10. The first-order valence-electron chi connectivity index (χ1n) is 9.67. The van der Waals surface area contributed by atoms with Gasteiger partial charge in [0.25, 0.3) is 0 Å². The molecule has 0 bridgehead atoms. The number of carbonyl (C=O) groups excluding carboxylic acids is 1. The van der Waals surface area contributed by atoms with Crippen molar-refractivity contribution in [3.63, 3.8) is 0 Å². The Morgan fingerprint density at radius 1 is 1.13 bits per heavy atom. The highest BCUT2D eigenvalue weighted by Gasteiger charge is 2.35. The van der Waals surface area contributed by atoms with Crippen LogP contribution >= 0.6 is 15.9 Å². The molecule has 0 aromatic heterocycles. The van der Waals surface area contributed by atoms with Crippen LogP contribution < -0.4 is 10.0 Å². The van der Waals surface area contributed by atoms with Crippen molar-refractivity contribution in [1.29, 1.82) is 0 Å². The second kappa shape index (κ2) is 10.00. The summed E-state index contributed by atoms with van der Waals surface area (Å²) in [6.07, 6.45) is 1.59. The van der Waals surface area contributed by atoms with Crippen LogP contribution in [0.1, 0.15) is 24.8 Å². The maximum Gasteiger partial charge on any atom is 0.240 e. The lowest BCUT2D eigenvalue weighted by atomic mass is 9.74. The standard InChI is InChI=1S/C21H24BrFN2O4S/c22-17-3-1-2-16(14-17)21(9-12-29-13-10-21)15-24-20(26)8-11-25-30(27,28)19-6-4-18(23)5-7-19/h1-7,14,25H,8-13,15H2,(H,24,26). The van der Waals surface area contributed by atoms with Gasteiger partial charge in [0, 0.05) is 42.6 Å². The molecule has 0 atom stereocenters. The maximum absolute atomic E-state index is 13.0. The Morgan fingerprint density at radius 3 is 2.50 bits per heavy atom. The molecule has 6 nitrogen and oxygen atoms in total. The summed E-state index contributed by atoms with van der Waals surface area (Å²) in [5, 5.41) is 2.95. The summed E-state index contributed by atoms with van der Waals surface area (Å²) in [5.41, 5.74) is 0.920. The first-order valence-corrected chi connectivity index (χ1v) is 11.9. The summed E-state index contributed by atoms with van der Waals surface area (Å²) in [6.45, 7) is 1.66. The molecule has 1 amide bonds. The number of sulfonamides is 1. The summed E-state index contributed by atoms with van der Waals surface area (Å²) in [5.74, 6) is -0.751. The number of halogens is 2. The van der Waals surface area contributed by atoms with E-state index in [9.17, 15) is 17.6 Å². The number of benzene rings is 2. The SMILES string of the molecule is O=C(CCNS(=O)(=O)c1ccc(F)cc1)NCC1(c2cccc(Br)c2)CCOCC1. The van der Waals surface area contributed by atoms with E-state index in [0.29, 0.717) is 19.8 Å². The molecule has 2 aromatic carbocycles. The van der Waals surface area contributed by atoms with E-state index in [1.807, 2.05) is 12.1 Å². The lowest BCUT2D eigenvalue weighted by molar-refractivity contribution is -0.121. The number of hydrogen-bond acceptors (Lipinski definition) is 4. The van der Waals surface area contributed by atoms with Crippen molar-refractivity contribution < 1.29 is 22.3 Å². The Kier molecular flexibility index (Phi) is 7.62. The van der Waals surface area contributed by atoms with Gasteiger partial charge in [0.1, 0.15) is 5.82 Å². The van der Waals surface area contributed by atoms with Crippen molar-refractivity contribution in [3.05, 3.63) is 64.4 Å². The summed E-state index contributed by atoms with van der Waals surface area (Å²) in [6, 6.07) is 12.6. The van der Waals surface area contributed by atoms with Gasteiger partial charge < -0.3 is 10.1 Å². The molecule has 0 radical (unpaired) electrons. The van der Waals surface area contributed by atoms with Gasteiger partial charge >= 0.3 is 0 Å². The van der Waals surface area contributed by atoms with Gasteiger partial charge in [-0.3, -0.25) is 4.79 Å². The first kappa shape index (κ1) is 22.9. The van der Waals surface area contributed by atoms with E-state index in [1.54, 1.807) is 0 Å². The molecule has 0 unspecified atom stereocenters. The van der Waals surface area contributed by atoms with Gasteiger partial charge in [0.15, 0.2) is 0 Å². The number of rotatable bonds is 8. The van der Waals surface area contributed by atoms with Crippen LogP contribution in [0, 0.1) is 5.82 Å². The van der Waals surface area contributed by atoms with E-state index in [-0.39, 0.29) is 29.2 Å². The van der Waals surface area contributed by atoms with Crippen LogP contribution in [-0.4, -0.2) is 40.6 Å². The second-order valence-corrected chi connectivity index (χ2v) is 9.96. The van der Waals surface area contributed by atoms with Crippen LogP contribution in [-0.2, 0) is 25.0 Å². The average molecular weight is 499 g/mol. The van der Waals surface area contributed by atoms with Gasteiger partial charge in [0.2, 0.25) is 15.9 Å². The molecular formula is C21H24BrFN2O4S. The molecule has 2 N–H and O–H groups in total. The molecule has 1 saturated heterocycles. The highest BCUT2D eigenvalue weighted by atomic mass is 79.9. The second-order valence-electron chi connectivity index (χ2n) is 7.28. The molecule has 1 fully saturated rings. The largest absolute Gasteiger partial charge is 0.381 e. The number of ether oxygens (including phenoxy) is 1. The fourth-order valence-corrected chi connectivity index (χ4v) is 4.93. The number of amides is 1. The van der Waals surface area contributed by atoms with Crippen LogP contribution in [0.4, 0.5) is 4.39 Å². The van der Waals surface area contributed by atoms with Gasteiger partial charge in [-0.2, -0.15) is 0 Å². The monoisotopic (exact) mass is 498 g/mol. The summed E-state index contributed by atoms with van der Waals surface area (Å²) in [7, 11) is -3.79. The molecule has 1 heterocycles. The smallest absolute Gasteiger partial charge is 0.240 e. The van der Waals surface area contributed by atoms with Crippen LogP contribution in [0.3, 0.4) is 0 Å². The molecule has 0 aliphatic carbocycles. The van der Waals surface area contributed by atoms with Crippen molar-refractivity contribution in [3.8, 4) is 0 Å². The average Bonchev–Trinajstić information content (AvgIpc) is 2.73. The van der Waals surface area contributed by atoms with Crippen molar-refractivity contribution in [2.45, 2.75) is 29.6 Å².